The lowest BCUT2D eigenvalue weighted by molar-refractivity contribution is 0.851. The van der Waals surface area contributed by atoms with Crippen molar-refractivity contribution in [1.29, 1.82) is 5.26 Å². The summed E-state index contributed by atoms with van der Waals surface area (Å²) in [5.74, 6) is 0. The molecule has 0 atom stereocenters. The van der Waals surface area contributed by atoms with Crippen LogP contribution in [0.5, 0.6) is 0 Å². The van der Waals surface area contributed by atoms with Gasteiger partial charge in [0, 0.05) is 5.56 Å². The molecule has 0 fully saturated rings. The molecule has 0 saturated carbocycles. The van der Waals surface area contributed by atoms with Crippen LogP contribution in [0.2, 0.25) is 0 Å². The summed E-state index contributed by atoms with van der Waals surface area (Å²) >= 11 is 3.34. The van der Waals surface area contributed by atoms with Crippen molar-refractivity contribution in [3.05, 3.63) is 75.0 Å². The first-order chi connectivity index (χ1) is 10.2. The van der Waals surface area contributed by atoms with Crippen LogP contribution in [0.15, 0.2) is 63.9 Å². The van der Waals surface area contributed by atoms with Gasteiger partial charge in [0.1, 0.15) is 4.47 Å². The summed E-state index contributed by atoms with van der Waals surface area (Å²) in [5, 5.41) is 12.0. The molecule has 5 heteroatoms. The molecular formula is C16H10BrN3O. The van der Waals surface area contributed by atoms with Crippen LogP contribution in [0.1, 0.15) is 5.56 Å². The zero-order valence-electron chi connectivity index (χ0n) is 10.9. The number of aromatic amines is 1. The van der Waals surface area contributed by atoms with Gasteiger partial charge in [-0.15, -0.1) is 0 Å². The van der Waals surface area contributed by atoms with Crippen LogP contribution in [-0.4, -0.2) is 9.78 Å². The van der Waals surface area contributed by atoms with Crippen molar-refractivity contribution in [2.45, 2.75) is 0 Å². The van der Waals surface area contributed by atoms with Gasteiger partial charge in [-0.25, -0.2) is 4.68 Å². The second-order valence-electron chi connectivity index (χ2n) is 4.47. The normalized spacial score (nSPS) is 10.3. The van der Waals surface area contributed by atoms with Gasteiger partial charge >= 0.3 is 0 Å². The molecule has 0 aliphatic carbocycles. The van der Waals surface area contributed by atoms with E-state index in [-0.39, 0.29) is 5.56 Å². The molecule has 0 amide bonds. The fourth-order valence-electron chi connectivity index (χ4n) is 2.11. The average Bonchev–Trinajstić information content (AvgIpc) is 2.84. The summed E-state index contributed by atoms with van der Waals surface area (Å²) in [6.07, 6.45) is 0. The molecule has 4 nitrogen and oxygen atoms in total. The zero-order chi connectivity index (χ0) is 14.8. The van der Waals surface area contributed by atoms with Crippen LogP contribution in [-0.2, 0) is 0 Å². The summed E-state index contributed by atoms with van der Waals surface area (Å²) in [4.78, 5) is 12.4. The number of halogens is 1. The molecule has 3 rings (SSSR count). The van der Waals surface area contributed by atoms with Gasteiger partial charge in [0.05, 0.1) is 23.0 Å². The number of hydrogen-bond acceptors (Lipinski definition) is 2. The molecule has 2 aromatic carbocycles. The Morgan fingerprint density at radius 3 is 2.57 bits per heavy atom. The number of H-pyrrole nitrogens is 1. The molecule has 0 radical (unpaired) electrons. The summed E-state index contributed by atoms with van der Waals surface area (Å²) < 4.78 is 1.89. The van der Waals surface area contributed by atoms with E-state index < -0.39 is 0 Å². The maximum atomic E-state index is 12.4. The molecule has 0 unspecified atom stereocenters. The molecule has 0 aliphatic rings. The van der Waals surface area contributed by atoms with Gasteiger partial charge in [0.15, 0.2) is 0 Å². The number of benzene rings is 2. The molecule has 0 spiro atoms. The average molecular weight is 340 g/mol. The molecule has 1 N–H and O–H groups in total. The number of nitrogens with zero attached hydrogens (tertiary/aromatic N) is 2. The Kier molecular flexibility index (Phi) is 3.46. The van der Waals surface area contributed by atoms with Gasteiger partial charge in [0.2, 0.25) is 0 Å². The minimum Gasteiger partial charge on any atom is -0.289 e. The fraction of sp³-hybridized carbons (Fsp3) is 0. The van der Waals surface area contributed by atoms with E-state index in [0.717, 1.165) is 5.56 Å². The number of aromatic nitrogens is 2. The van der Waals surface area contributed by atoms with Crippen molar-refractivity contribution in [2.75, 3.05) is 0 Å². The predicted molar refractivity (Wildman–Crippen MR) is 84.2 cm³/mol. The van der Waals surface area contributed by atoms with E-state index in [1.54, 1.807) is 24.3 Å². The largest absolute Gasteiger partial charge is 0.289 e. The molecule has 1 aromatic heterocycles. The maximum absolute atomic E-state index is 12.4. The molecule has 0 bridgehead atoms. The number of nitrogens with one attached hydrogen (secondary N) is 1. The first-order valence-electron chi connectivity index (χ1n) is 6.27. The Morgan fingerprint density at radius 2 is 1.86 bits per heavy atom. The Balaban J connectivity index is 2.18. The van der Waals surface area contributed by atoms with Gasteiger partial charge in [-0.2, -0.15) is 5.26 Å². The van der Waals surface area contributed by atoms with Crippen LogP contribution in [0.4, 0.5) is 0 Å². The smallest absolute Gasteiger partial charge is 0.286 e. The summed E-state index contributed by atoms with van der Waals surface area (Å²) in [7, 11) is 0. The quantitative estimate of drug-likeness (QED) is 0.777. The molecular weight excluding hydrogens is 330 g/mol. The first-order valence-corrected chi connectivity index (χ1v) is 7.06. The highest BCUT2D eigenvalue weighted by molar-refractivity contribution is 9.10. The molecule has 21 heavy (non-hydrogen) atoms. The molecule has 0 aliphatic heterocycles. The van der Waals surface area contributed by atoms with E-state index in [4.69, 9.17) is 5.26 Å². The van der Waals surface area contributed by atoms with Crippen molar-refractivity contribution in [2.24, 2.45) is 0 Å². The lowest BCUT2D eigenvalue weighted by atomic mass is 10.2. The number of nitriles is 1. The summed E-state index contributed by atoms with van der Waals surface area (Å²) in [6, 6.07) is 18.5. The fourth-order valence-corrected chi connectivity index (χ4v) is 2.60. The van der Waals surface area contributed by atoms with E-state index in [2.05, 4.69) is 27.1 Å². The Hall–Kier alpha value is -2.58. The highest BCUT2D eigenvalue weighted by Gasteiger charge is 2.14. The van der Waals surface area contributed by atoms with Crippen molar-refractivity contribution in [3.8, 4) is 23.0 Å². The molecule has 102 valence electrons. The highest BCUT2D eigenvalue weighted by Crippen LogP contribution is 2.24. The van der Waals surface area contributed by atoms with Crippen molar-refractivity contribution < 1.29 is 0 Å². The third-order valence-corrected chi connectivity index (χ3v) is 3.87. The van der Waals surface area contributed by atoms with E-state index in [1.807, 2.05) is 30.3 Å². The van der Waals surface area contributed by atoms with Gasteiger partial charge in [-0.05, 0) is 34.1 Å². The third-order valence-electron chi connectivity index (χ3n) is 3.13. The minimum absolute atomic E-state index is 0.191. The lowest BCUT2D eigenvalue weighted by Gasteiger charge is -2.02. The topological polar surface area (TPSA) is 61.6 Å². The van der Waals surface area contributed by atoms with Crippen LogP contribution in [0.25, 0.3) is 16.9 Å². The predicted octanol–water partition coefficient (Wildman–Crippen LogP) is 3.47. The van der Waals surface area contributed by atoms with Crippen LogP contribution < -0.4 is 5.56 Å². The monoisotopic (exact) mass is 339 g/mol. The Labute approximate surface area is 129 Å². The molecule has 3 aromatic rings. The minimum atomic E-state index is -0.191. The zero-order valence-corrected chi connectivity index (χ0v) is 12.5. The lowest BCUT2D eigenvalue weighted by Crippen LogP contribution is -2.14. The van der Waals surface area contributed by atoms with Gasteiger partial charge in [0.25, 0.3) is 5.56 Å². The number of rotatable bonds is 2. The van der Waals surface area contributed by atoms with E-state index >= 15 is 0 Å². The first kappa shape index (κ1) is 13.4. The van der Waals surface area contributed by atoms with Crippen LogP contribution in [0, 0.1) is 11.3 Å². The van der Waals surface area contributed by atoms with Gasteiger partial charge < -0.3 is 0 Å². The Morgan fingerprint density at radius 1 is 1.10 bits per heavy atom. The van der Waals surface area contributed by atoms with Gasteiger partial charge in [-0.3, -0.25) is 9.89 Å². The van der Waals surface area contributed by atoms with E-state index in [0.29, 0.717) is 21.4 Å². The van der Waals surface area contributed by atoms with Crippen molar-refractivity contribution in [3.63, 3.8) is 0 Å². The summed E-state index contributed by atoms with van der Waals surface area (Å²) in [5.41, 5.74) is 2.57. The Bertz CT molecular complexity index is 888. The molecule has 1 heterocycles. The SMILES string of the molecule is N#Cc1cccc(-n2[nH]c(-c3ccccc3)c(Br)c2=O)c1. The van der Waals surface area contributed by atoms with Crippen molar-refractivity contribution in [1.82, 2.24) is 9.78 Å². The standard InChI is InChI=1S/C16H10BrN3O/c17-14-15(12-6-2-1-3-7-12)19-20(16(14)21)13-8-4-5-11(9-13)10-18/h1-9,19H. The number of hydrogen-bond donors (Lipinski definition) is 1. The van der Waals surface area contributed by atoms with E-state index in [9.17, 15) is 4.79 Å². The second kappa shape index (κ2) is 5.43. The van der Waals surface area contributed by atoms with Crippen LogP contribution >= 0.6 is 15.9 Å². The van der Waals surface area contributed by atoms with E-state index in [1.165, 1.54) is 4.68 Å². The van der Waals surface area contributed by atoms with Gasteiger partial charge in [-0.1, -0.05) is 36.4 Å². The molecule has 0 saturated heterocycles. The second-order valence-corrected chi connectivity index (χ2v) is 5.26. The highest BCUT2D eigenvalue weighted by atomic mass is 79.9. The summed E-state index contributed by atoms with van der Waals surface area (Å²) in [6.45, 7) is 0. The van der Waals surface area contributed by atoms with Crippen molar-refractivity contribution >= 4 is 15.9 Å². The maximum Gasteiger partial charge on any atom is 0.286 e. The van der Waals surface area contributed by atoms with Crippen LogP contribution in [0.3, 0.4) is 0 Å². The third kappa shape index (κ3) is 2.41.